The molecule has 1 N–H and O–H groups in total. The van der Waals surface area contributed by atoms with Gasteiger partial charge in [-0.25, -0.2) is 0 Å². The van der Waals surface area contributed by atoms with Crippen LogP contribution in [0.2, 0.25) is 0 Å². The van der Waals surface area contributed by atoms with E-state index in [-0.39, 0.29) is 24.3 Å². The smallest absolute Gasteiger partial charge is 0.305 e. The maximum atomic E-state index is 12.3. The predicted octanol–water partition coefficient (Wildman–Crippen LogP) is 1.70. The molecule has 0 radical (unpaired) electrons. The van der Waals surface area contributed by atoms with Crippen LogP contribution in [0.25, 0.3) is 0 Å². The van der Waals surface area contributed by atoms with Gasteiger partial charge in [0.1, 0.15) is 0 Å². The van der Waals surface area contributed by atoms with Crippen LogP contribution in [0, 0.1) is 11.8 Å². The number of hydrogen-bond donors (Lipinski definition) is 1. The van der Waals surface area contributed by atoms with Crippen molar-refractivity contribution in [3.8, 4) is 0 Å². The summed E-state index contributed by atoms with van der Waals surface area (Å²) in [7, 11) is 0. The Hall–Kier alpha value is -0.710. The Kier molecular flexibility index (Phi) is 5.31. The Bertz CT molecular complexity index is 293. The molecule has 1 aliphatic rings. The molecule has 4 nitrogen and oxygen atoms in total. The first-order valence-corrected chi connectivity index (χ1v) is 7.19. The summed E-state index contributed by atoms with van der Waals surface area (Å²) in [5.41, 5.74) is 0. The van der Waals surface area contributed by atoms with E-state index in [0.29, 0.717) is 12.5 Å². The van der Waals surface area contributed by atoms with Gasteiger partial charge in [-0.3, -0.25) is 9.59 Å². The molecule has 0 saturated carbocycles. The Morgan fingerprint density at radius 1 is 1.41 bits per heavy atom. The monoisotopic (exact) mass is 259 g/mol. The number of carboxylic acid groups (broad SMARTS) is 1. The van der Waals surface area contributed by atoms with Crippen molar-refractivity contribution in [2.24, 2.45) is 11.8 Å². The van der Waals surface area contributed by atoms with Gasteiger partial charge < -0.3 is 10.0 Å². The maximum absolute atomic E-state index is 12.3. The van der Waals surface area contributed by atoms with Crippen LogP contribution in [0.15, 0.2) is 0 Å². The van der Waals surface area contributed by atoms with Crippen LogP contribution in [0.3, 0.4) is 0 Å². The van der Waals surface area contributed by atoms with E-state index < -0.39 is 5.97 Å². The fraction of sp³-hybridized carbons (Fsp3) is 0.833. The molecule has 2 unspecified atom stereocenters. The van der Waals surface area contributed by atoms with Crippen molar-refractivity contribution in [2.45, 2.75) is 33.2 Å². The molecule has 0 aromatic carbocycles. The number of hydrogen-bond acceptors (Lipinski definition) is 3. The van der Waals surface area contributed by atoms with Crippen LogP contribution < -0.4 is 0 Å². The minimum Gasteiger partial charge on any atom is -0.481 e. The molecule has 1 saturated heterocycles. The van der Waals surface area contributed by atoms with Crippen LogP contribution in [0.1, 0.15) is 27.2 Å². The third-order valence-electron chi connectivity index (χ3n) is 3.31. The van der Waals surface area contributed by atoms with Gasteiger partial charge in [-0.15, -0.1) is 0 Å². The van der Waals surface area contributed by atoms with E-state index in [0.717, 1.165) is 11.5 Å². The second kappa shape index (κ2) is 6.28. The molecule has 0 bridgehead atoms. The first-order chi connectivity index (χ1) is 7.93. The van der Waals surface area contributed by atoms with E-state index in [9.17, 15) is 9.59 Å². The zero-order chi connectivity index (χ0) is 13.0. The van der Waals surface area contributed by atoms with Crippen LogP contribution in [0.5, 0.6) is 0 Å². The molecule has 0 aromatic heterocycles. The number of aliphatic carboxylic acids is 1. The molecule has 1 heterocycles. The fourth-order valence-corrected chi connectivity index (χ4v) is 2.92. The molecule has 1 rings (SSSR count). The number of carbonyl (C=O) groups is 2. The second-order valence-electron chi connectivity index (χ2n) is 4.89. The molecule has 1 amide bonds. The van der Waals surface area contributed by atoms with Gasteiger partial charge in [0.05, 0.1) is 12.5 Å². The first-order valence-electron chi connectivity index (χ1n) is 6.03. The van der Waals surface area contributed by atoms with Crippen LogP contribution in [-0.2, 0) is 9.59 Å². The minimum atomic E-state index is -0.826. The summed E-state index contributed by atoms with van der Waals surface area (Å²) < 4.78 is 0. The Balaban J connectivity index is 2.70. The summed E-state index contributed by atoms with van der Waals surface area (Å²) in [6.45, 7) is 6.64. The quantitative estimate of drug-likeness (QED) is 0.835. The molecule has 0 spiro atoms. The second-order valence-corrected chi connectivity index (χ2v) is 6.04. The molecule has 0 aromatic rings. The molecular formula is C12H21NO3S. The predicted molar refractivity (Wildman–Crippen MR) is 69.1 cm³/mol. The molecule has 1 aliphatic heterocycles. The summed E-state index contributed by atoms with van der Waals surface area (Å²) in [6, 6.07) is -0.139. The summed E-state index contributed by atoms with van der Waals surface area (Å²) in [6.07, 6.45) is 0.0591. The fourth-order valence-electron chi connectivity index (χ4n) is 1.86. The van der Waals surface area contributed by atoms with E-state index in [2.05, 4.69) is 0 Å². The molecule has 0 aliphatic carbocycles. The van der Waals surface area contributed by atoms with E-state index >= 15 is 0 Å². The highest BCUT2D eigenvalue weighted by Gasteiger charge is 2.32. The number of amides is 1. The van der Waals surface area contributed by atoms with Crippen LogP contribution in [-0.4, -0.2) is 46.0 Å². The highest BCUT2D eigenvalue weighted by Crippen LogP contribution is 2.23. The summed E-state index contributed by atoms with van der Waals surface area (Å²) in [4.78, 5) is 24.8. The molecule has 1 fully saturated rings. The highest BCUT2D eigenvalue weighted by atomic mass is 32.2. The number of carbonyl (C=O) groups excluding carboxylic acids is 1. The van der Waals surface area contributed by atoms with Gasteiger partial charge in [-0.2, -0.15) is 11.8 Å². The Labute approximate surface area is 107 Å². The number of carboxylic acids is 1. The number of nitrogens with zero attached hydrogens (tertiary/aromatic N) is 1. The number of rotatable bonds is 4. The lowest BCUT2D eigenvalue weighted by atomic mass is 9.95. The molecule has 98 valence electrons. The molecular weight excluding hydrogens is 238 g/mol. The maximum Gasteiger partial charge on any atom is 0.305 e. The average Bonchev–Trinajstić information content (AvgIpc) is 2.27. The summed E-state index contributed by atoms with van der Waals surface area (Å²) in [5.74, 6) is 1.19. The van der Waals surface area contributed by atoms with Crippen molar-refractivity contribution in [1.82, 2.24) is 4.90 Å². The lowest BCUT2D eigenvalue weighted by molar-refractivity contribution is -0.142. The van der Waals surface area contributed by atoms with Gasteiger partial charge in [-0.1, -0.05) is 20.8 Å². The van der Waals surface area contributed by atoms with Gasteiger partial charge in [0.2, 0.25) is 5.91 Å². The van der Waals surface area contributed by atoms with Crippen molar-refractivity contribution < 1.29 is 14.7 Å². The lowest BCUT2D eigenvalue weighted by Crippen LogP contribution is -2.49. The zero-order valence-corrected chi connectivity index (χ0v) is 11.5. The Morgan fingerprint density at radius 3 is 2.59 bits per heavy atom. The van der Waals surface area contributed by atoms with Crippen molar-refractivity contribution in [3.05, 3.63) is 0 Å². The van der Waals surface area contributed by atoms with Crippen molar-refractivity contribution in [2.75, 3.05) is 18.1 Å². The topological polar surface area (TPSA) is 57.6 Å². The third kappa shape index (κ3) is 3.91. The lowest BCUT2D eigenvalue weighted by Gasteiger charge is -2.37. The molecule has 2 atom stereocenters. The van der Waals surface area contributed by atoms with Gasteiger partial charge >= 0.3 is 5.97 Å². The van der Waals surface area contributed by atoms with Crippen LogP contribution >= 0.6 is 11.8 Å². The van der Waals surface area contributed by atoms with Crippen molar-refractivity contribution in [1.29, 1.82) is 0 Å². The SMILES string of the molecule is CC(C)C(C)C(=O)N1CCSCC1CC(=O)O. The van der Waals surface area contributed by atoms with E-state index in [4.69, 9.17) is 5.11 Å². The van der Waals surface area contributed by atoms with E-state index in [1.165, 1.54) is 0 Å². The normalized spacial score (nSPS) is 22.6. The van der Waals surface area contributed by atoms with Crippen molar-refractivity contribution >= 4 is 23.6 Å². The van der Waals surface area contributed by atoms with E-state index in [1.807, 2.05) is 20.8 Å². The van der Waals surface area contributed by atoms with Crippen molar-refractivity contribution in [3.63, 3.8) is 0 Å². The minimum absolute atomic E-state index is 0.0330. The van der Waals surface area contributed by atoms with Gasteiger partial charge in [0.15, 0.2) is 0 Å². The third-order valence-corrected chi connectivity index (χ3v) is 4.40. The standard InChI is InChI=1S/C12H21NO3S/c1-8(2)9(3)12(16)13-4-5-17-7-10(13)6-11(14)15/h8-10H,4-7H2,1-3H3,(H,14,15). The summed E-state index contributed by atoms with van der Waals surface area (Å²) >= 11 is 1.73. The average molecular weight is 259 g/mol. The highest BCUT2D eigenvalue weighted by molar-refractivity contribution is 7.99. The number of thioether (sulfide) groups is 1. The molecule has 17 heavy (non-hydrogen) atoms. The van der Waals surface area contributed by atoms with Gasteiger partial charge in [0, 0.05) is 24.0 Å². The molecule has 5 heteroatoms. The van der Waals surface area contributed by atoms with Gasteiger partial charge in [-0.05, 0) is 5.92 Å². The van der Waals surface area contributed by atoms with Crippen LogP contribution in [0.4, 0.5) is 0 Å². The first kappa shape index (κ1) is 14.4. The Morgan fingerprint density at radius 2 is 2.06 bits per heavy atom. The largest absolute Gasteiger partial charge is 0.481 e. The van der Waals surface area contributed by atoms with E-state index in [1.54, 1.807) is 16.7 Å². The van der Waals surface area contributed by atoms with Gasteiger partial charge in [0.25, 0.3) is 0 Å². The zero-order valence-electron chi connectivity index (χ0n) is 10.7. The summed E-state index contributed by atoms with van der Waals surface area (Å²) in [5, 5.41) is 8.87.